The summed E-state index contributed by atoms with van der Waals surface area (Å²) in [5.74, 6) is -0.222. The van der Waals surface area contributed by atoms with E-state index in [1.54, 1.807) is 4.90 Å². The van der Waals surface area contributed by atoms with E-state index in [2.05, 4.69) is 5.32 Å². The van der Waals surface area contributed by atoms with Crippen LogP contribution in [0.25, 0.3) is 10.8 Å². The van der Waals surface area contributed by atoms with Crippen LogP contribution in [0, 0.1) is 0 Å². The van der Waals surface area contributed by atoms with Gasteiger partial charge in [0.05, 0.1) is 6.42 Å². The van der Waals surface area contributed by atoms with Gasteiger partial charge in [0, 0.05) is 17.9 Å². The average Bonchev–Trinajstić information content (AvgIpc) is 2.72. The number of anilines is 2. The molecule has 0 heterocycles. The predicted octanol–water partition coefficient (Wildman–Crippen LogP) is 4.23. The number of nitrogens with zero attached hydrogens (tertiary/aromatic N) is 1. The molecule has 5 heteroatoms. The van der Waals surface area contributed by atoms with Crippen LogP contribution in [0.1, 0.15) is 25.8 Å². The molecular weight excluding hydrogens is 362 g/mol. The van der Waals surface area contributed by atoms with Crippen LogP contribution in [-0.2, 0) is 16.0 Å². The highest BCUT2D eigenvalue weighted by molar-refractivity contribution is 5.99. The van der Waals surface area contributed by atoms with Crippen LogP contribution < -0.4 is 11.1 Å². The number of likely N-dealkylation sites (N-methyl/N-ethyl adjacent to an activating group) is 1. The number of nitrogens with one attached hydrogen (secondary N) is 1. The van der Waals surface area contributed by atoms with E-state index in [4.69, 9.17) is 5.73 Å². The molecule has 3 rings (SSSR count). The highest BCUT2D eigenvalue weighted by Crippen LogP contribution is 2.22. The van der Waals surface area contributed by atoms with Crippen molar-refractivity contribution < 1.29 is 9.59 Å². The van der Waals surface area contributed by atoms with Crippen LogP contribution in [0.5, 0.6) is 0 Å². The monoisotopic (exact) mass is 389 g/mol. The number of carbonyl (C=O) groups is 2. The van der Waals surface area contributed by atoms with E-state index >= 15 is 0 Å². The Labute approximate surface area is 171 Å². The molecule has 0 aliphatic heterocycles. The molecule has 3 aromatic carbocycles. The summed E-state index contributed by atoms with van der Waals surface area (Å²) in [6.45, 7) is 4.31. The first-order valence-corrected chi connectivity index (χ1v) is 9.95. The van der Waals surface area contributed by atoms with Crippen LogP contribution >= 0.6 is 0 Å². The molecule has 5 nitrogen and oxygen atoms in total. The van der Waals surface area contributed by atoms with Crippen molar-refractivity contribution in [3.63, 3.8) is 0 Å². The first-order chi connectivity index (χ1) is 14.0. The number of rotatable bonds is 7. The van der Waals surface area contributed by atoms with Gasteiger partial charge in [-0.05, 0) is 53.9 Å². The molecule has 0 saturated heterocycles. The van der Waals surface area contributed by atoms with Crippen LogP contribution in [0.2, 0.25) is 0 Å². The van der Waals surface area contributed by atoms with Crippen LogP contribution in [0.15, 0.2) is 66.7 Å². The predicted molar refractivity (Wildman–Crippen MR) is 119 cm³/mol. The SMILES string of the molecule is CC[C@@H](C(=O)Nc1ccc2cc(N)ccc2c1)N(CC)C(=O)Cc1ccccc1. The lowest BCUT2D eigenvalue weighted by Gasteiger charge is -2.29. The third-order valence-electron chi connectivity index (χ3n) is 5.06. The second-order valence-electron chi connectivity index (χ2n) is 7.08. The topological polar surface area (TPSA) is 75.4 Å². The van der Waals surface area contributed by atoms with Crippen molar-refractivity contribution in [2.45, 2.75) is 32.7 Å². The Kier molecular flexibility index (Phi) is 6.50. The average molecular weight is 389 g/mol. The fourth-order valence-electron chi connectivity index (χ4n) is 3.56. The summed E-state index contributed by atoms with van der Waals surface area (Å²) in [6.07, 6.45) is 0.834. The summed E-state index contributed by atoms with van der Waals surface area (Å²) < 4.78 is 0. The Morgan fingerprint density at radius 3 is 2.34 bits per heavy atom. The van der Waals surface area contributed by atoms with Gasteiger partial charge in [-0.1, -0.05) is 49.4 Å². The smallest absolute Gasteiger partial charge is 0.247 e. The lowest BCUT2D eigenvalue weighted by Crippen LogP contribution is -2.47. The van der Waals surface area contributed by atoms with Crippen molar-refractivity contribution in [1.29, 1.82) is 0 Å². The van der Waals surface area contributed by atoms with E-state index in [0.29, 0.717) is 24.3 Å². The van der Waals surface area contributed by atoms with E-state index in [-0.39, 0.29) is 18.2 Å². The van der Waals surface area contributed by atoms with E-state index < -0.39 is 6.04 Å². The van der Waals surface area contributed by atoms with Gasteiger partial charge in [-0.2, -0.15) is 0 Å². The fraction of sp³-hybridized carbons (Fsp3) is 0.250. The molecule has 0 bridgehead atoms. The molecule has 0 aliphatic carbocycles. The van der Waals surface area contributed by atoms with Gasteiger partial charge in [-0.15, -0.1) is 0 Å². The molecule has 0 unspecified atom stereocenters. The zero-order valence-corrected chi connectivity index (χ0v) is 16.9. The summed E-state index contributed by atoms with van der Waals surface area (Å²) in [6, 6.07) is 20.5. The van der Waals surface area contributed by atoms with Gasteiger partial charge in [0.15, 0.2) is 0 Å². The molecule has 3 N–H and O–H groups in total. The Morgan fingerprint density at radius 2 is 1.66 bits per heavy atom. The minimum Gasteiger partial charge on any atom is -0.399 e. The molecule has 0 saturated carbocycles. The molecule has 0 radical (unpaired) electrons. The molecule has 29 heavy (non-hydrogen) atoms. The Hall–Kier alpha value is -3.34. The van der Waals surface area contributed by atoms with Crippen molar-refractivity contribution in [2.75, 3.05) is 17.6 Å². The van der Waals surface area contributed by atoms with Gasteiger partial charge in [0.1, 0.15) is 6.04 Å². The first-order valence-electron chi connectivity index (χ1n) is 9.95. The highest BCUT2D eigenvalue weighted by atomic mass is 16.2. The van der Waals surface area contributed by atoms with Gasteiger partial charge < -0.3 is 16.0 Å². The molecule has 0 fully saturated rings. The highest BCUT2D eigenvalue weighted by Gasteiger charge is 2.27. The number of nitrogen functional groups attached to an aromatic ring is 1. The maximum absolute atomic E-state index is 13.0. The first kappa shape index (κ1) is 20.4. The van der Waals surface area contributed by atoms with E-state index in [1.165, 1.54) is 0 Å². The molecule has 2 amide bonds. The number of hydrogen-bond donors (Lipinski definition) is 2. The summed E-state index contributed by atoms with van der Waals surface area (Å²) in [4.78, 5) is 27.5. The standard InChI is InChI=1S/C24H27N3O2/c1-3-22(27(4-2)23(28)14-17-8-6-5-7-9-17)24(29)26-21-13-11-18-15-20(25)12-10-19(18)16-21/h5-13,15-16,22H,3-4,14,25H2,1-2H3,(H,26,29)/t22-/m0/s1. The molecule has 0 aliphatic rings. The molecule has 150 valence electrons. The summed E-state index contributed by atoms with van der Waals surface area (Å²) >= 11 is 0. The third-order valence-corrected chi connectivity index (χ3v) is 5.06. The Morgan fingerprint density at radius 1 is 0.966 bits per heavy atom. The number of fused-ring (bicyclic) bond motifs is 1. The zero-order chi connectivity index (χ0) is 20.8. The van der Waals surface area contributed by atoms with Gasteiger partial charge in [-0.25, -0.2) is 0 Å². The lowest BCUT2D eigenvalue weighted by atomic mass is 10.1. The van der Waals surface area contributed by atoms with Crippen LogP contribution in [-0.4, -0.2) is 29.3 Å². The number of benzene rings is 3. The molecule has 0 aromatic heterocycles. The van der Waals surface area contributed by atoms with Crippen LogP contribution in [0.3, 0.4) is 0 Å². The summed E-state index contributed by atoms with van der Waals surface area (Å²) in [5, 5.41) is 4.98. The van der Waals surface area contributed by atoms with Crippen molar-refractivity contribution in [3.05, 3.63) is 72.3 Å². The minimum atomic E-state index is -0.515. The van der Waals surface area contributed by atoms with Crippen molar-refractivity contribution in [2.24, 2.45) is 0 Å². The maximum Gasteiger partial charge on any atom is 0.247 e. The molecule has 3 aromatic rings. The van der Waals surface area contributed by atoms with Gasteiger partial charge in [0.2, 0.25) is 11.8 Å². The van der Waals surface area contributed by atoms with Crippen molar-refractivity contribution in [3.8, 4) is 0 Å². The van der Waals surface area contributed by atoms with E-state index in [9.17, 15) is 9.59 Å². The normalized spacial score (nSPS) is 11.8. The van der Waals surface area contributed by atoms with Gasteiger partial charge in [0.25, 0.3) is 0 Å². The summed E-state index contributed by atoms with van der Waals surface area (Å²) in [7, 11) is 0. The minimum absolute atomic E-state index is 0.0466. The Balaban J connectivity index is 1.74. The van der Waals surface area contributed by atoms with E-state index in [1.807, 2.05) is 80.6 Å². The molecule has 0 spiro atoms. The number of amides is 2. The van der Waals surface area contributed by atoms with Crippen molar-refractivity contribution >= 4 is 34.0 Å². The quantitative estimate of drug-likeness (QED) is 0.594. The van der Waals surface area contributed by atoms with Gasteiger partial charge in [-0.3, -0.25) is 9.59 Å². The number of nitrogens with two attached hydrogens (primary N) is 1. The van der Waals surface area contributed by atoms with Crippen LogP contribution in [0.4, 0.5) is 11.4 Å². The third kappa shape index (κ3) is 4.93. The van der Waals surface area contributed by atoms with Gasteiger partial charge >= 0.3 is 0 Å². The second-order valence-corrected chi connectivity index (χ2v) is 7.08. The maximum atomic E-state index is 13.0. The fourth-order valence-corrected chi connectivity index (χ4v) is 3.56. The second kappa shape index (κ2) is 9.24. The zero-order valence-electron chi connectivity index (χ0n) is 16.9. The number of carbonyl (C=O) groups excluding carboxylic acids is 2. The Bertz CT molecular complexity index is 1000. The molecular formula is C24H27N3O2. The molecule has 1 atom stereocenters. The number of hydrogen-bond acceptors (Lipinski definition) is 3. The van der Waals surface area contributed by atoms with Crippen molar-refractivity contribution in [1.82, 2.24) is 4.90 Å². The lowest BCUT2D eigenvalue weighted by molar-refractivity contribution is -0.138. The summed E-state index contributed by atoms with van der Waals surface area (Å²) in [5.41, 5.74) is 8.18. The largest absolute Gasteiger partial charge is 0.399 e. The van der Waals surface area contributed by atoms with E-state index in [0.717, 1.165) is 16.3 Å².